The van der Waals surface area contributed by atoms with E-state index >= 15 is 0 Å². The van der Waals surface area contributed by atoms with Gasteiger partial charge in [0.15, 0.2) is 0 Å². The molecule has 1 aromatic rings. The lowest BCUT2D eigenvalue weighted by atomic mass is 9.95. The number of hydrogen-bond donors (Lipinski definition) is 2. The zero-order valence-electron chi connectivity index (χ0n) is 11.8. The number of nitrogens with two attached hydrogens (primary N) is 1. The van der Waals surface area contributed by atoms with Crippen LogP contribution in [0.5, 0.6) is 0 Å². The third-order valence-corrected chi connectivity index (χ3v) is 3.72. The molecule has 0 aromatic heterocycles. The highest BCUT2D eigenvalue weighted by atomic mass is 16.5. The first-order valence-corrected chi connectivity index (χ1v) is 6.97. The van der Waals surface area contributed by atoms with Crippen LogP contribution in [0.2, 0.25) is 0 Å². The number of nitrogens with one attached hydrogen (secondary N) is 1. The van der Waals surface area contributed by atoms with E-state index in [9.17, 15) is 4.79 Å². The predicted octanol–water partition coefficient (Wildman–Crippen LogP) is 1.76. The van der Waals surface area contributed by atoms with Crippen LogP contribution in [0, 0.1) is 0 Å². The number of benzene rings is 1. The molecule has 0 heterocycles. The Bertz CT molecular complexity index is 450. The lowest BCUT2D eigenvalue weighted by Crippen LogP contribution is -2.30. The summed E-state index contributed by atoms with van der Waals surface area (Å²) < 4.78 is 11.3. The molecular formula is C15H22N2O3. The average Bonchev–Trinajstić information content (AvgIpc) is 2.52. The molecule has 2 unspecified atom stereocenters. The van der Waals surface area contributed by atoms with Gasteiger partial charge in [-0.15, -0.1) is 0 Å². The zero-order valence-corrected chi connectivity index (χ0v) is 11.8. The van der Waals surface area contributed by atoms with E-state index in [1.165, 1.54) is 0 Å². The van der Waals surface area contributed by atoms with Crippen molar-refractivity contribution in [3.8, 4) is 0 Å². The number of methoxy groups -OCH3 is 1. The summed E-state index contributed by atoms with van der Waals surface area (Å²) in [6.45, 7) is 0.507. The normalized spacial score (nSPS) is 22.5. The molecule has 5 nitrogen and oxygen atoms in total. The van der Waals surface area contributed by atoms with Crippen molar-refractivity contribution in [2.75, 3.05) is 7.11 Å². The van der Waals surface area contributed by atoms with Crippen molar-refractivity contribution in [2.45, 2.75) is 44.5 Å². The molecule has 2 atom stereocenters. The van der Waals surface area contributed by atoms with Crippen molar-refractivity contribution in [3.05, 3.63) is 35.4 Å². The second kappa shape index (κ2) is 7.38. The Morgan fingerprint density at radius 1 is 1.40 bits per heavy atom. The number of amides is 1. The van der Waals surface area contributed by atoms with Crippen LogP contribution in [0.4, 0.5) is 0 Å². The lowest BCUT2D eigenvalue weighted by molar-refractivity contribution is -0.0363. The topological polar surface area (TPSA) is 73.6 Å². The van der Waals surface area contributed by atoms with Crippen LogP contribution in [-0.2, 0) is 16.1 Å². The molecule has 1 fully saturated rings. The Morgan fingerprint density at radius 3 is 2.95 bits per heavy atom. The van der Waals surface area contributed by atoms with E-state index in [0.717, 1.165) is 31.2 Å². The fourth-order valence-electron chi connectivity index (χ4n) is 2.57. The van der Waals surface area contributed by atoms with Gasteiger partial charge in [-0.25, -0.2) is 5.84 Å². The third kappa shape index (κ3) is 4.03. The van der Waals surface area contributed by atoms with E-state index in [1.54, 1.807) is 19.2 Å². The third-order valence-electron chi connectivity index (χ3n) is 3.72. The fourth-order valence-corrected chi connectivity index (χ4v) is 2.57. The van der Waals surface area contributed by atoms with Gasteiger partial charge in [-0.3, -0.25) is 10.2 Å². The van der Waals surface area contributed by atoms with Crippen molar-refractivity contribution in [1.82, 2.24) is 5.43 Å². The predicted molar refractivity (Wildman–Crippen MR) is 75.9 cm³/mol. The van der Waals surface area contributed by atoms with Gasteiger partial charge >= 0.3 is 0 Å². The van der Waals surface area contributed by atoms with Crippen LogP contribution in [0.3, 0.4) is 0 Å². The van der Waals surface area contributed by atoms with Gasteiger partial charge in [-0.2, -0.15) is 0 Å². The summed E-state index contributed by atoms with van der Waals surface area (Å²) in [4.78, 5) is 11.5. The molecule has 1 saturated carbocycles. The SMILES string of the molecule is COC1CCCC(OCc2cccc(C(=O)NN)c2)C1. The standard InChI is InChI=1S/C15H22N2O3/c1-19-13-6-3-7-14(9-13)20-10-11-4-2-5-12(8-11)15(18)17-16/h2,4-5,8,13-14H,3,6-7,9-10,16H2,1H3,(H,17,18). The molecule has 20 heavy (non-hydrogen) atoms. The second-order valence-corrected chi connectivity index (χ2v) is 5.13. The van der Waals surface area contributed by atoms with E-state index in [0.29, 0.717) is 18.3 Å². The van der Waals surface area contributed by atoms with Gasteiger partial charge in [0, 0.05) is 12.7 Å². The molecule has 1 aliphatic rings. The van der Waals surface area contributed by atoms with Crippen molar-refractivity contribution in [3.63, 3.8) is 0 Å². The molecule has 3 N–H and O–H groups in total. The molecule has 0 radical (unpaired) electrons. The number of ether oxygens (including phenoxy) is 2. The number of nitrogen functional groups attached to an aromatic ring is 1. The molecule has 1 amide bonds. The summed E-state index contributed by atoms with van der Waals surface area (Å²) in [5, 5.41) is 0. The van der Waals surface area contributed by atoms with Crippen LogP contribution < -0.4 is 11.3 Å². The maximum absolute atomic E-state index is 11.5. The summed E-state index contributed by atoms with van der Waals surface area (Å²) in [5.74, 6) is 4.84. The molecule has 0 spiro atoms. The fraction of sp³-hybridized carbons (Fsp3) is 0.533. The molecular weight excluding hydrogens is 256 g/mol. The number of hydrazine groups is 1. The zero-order chi connectivity index (χ0) is 14.4. The molecule has 0 bridgehead atoms. The van der Waals surface area contributed by atoms with Crippen molar-refractivity contribution in [1.29, 1.82) is 0 Å². The van der Waals surface area contributed by atoms with Crippen LogP contribution >= 0.6 is 0 Å². The molecule has 1 aromatic carbocycles. The summed E-state index contributed by atoms with van der Waals surface area (Å²) in [7, 11) is 1.75. The quantitative estimate of drug-likeness (QED) is 0.489. The van der Waals surface area contributed by atoms with Gasteiger partial charge in [-0.05, 0) is 43.4 Å². The minimum Gasteiger partial charge on any atom is -0.381 e. The summed E-state index contributed by atoms with van der Waals surface area (Å²) in [5.41, 5.74) is 3.66. The molecule has 2 rings (SSSR count). The molecule has 0 saturated heterocycles. The highest BCUT2D eigenvalue weighted by Gasteiger charge is 2.22. The number of hydrogen-bond acceptors (Lipinski definition) is 4. The van der Waals surface area contributed by atoms with Gasteiger partial charge < -0.3 is 9.47 Å². The minimum absolute atomic E-state index is 0.237. The van der Waals surface area contributed by atoms with Crippen molar-refractivity contribution >= 4 is 5.91 Å². The van der Waals surface area contributed by atoms with Crippen molar-refractivity contribution in [2.24, 2.45) is 5.84 Å². The van der Waals surface area contributed by atoms with Gasteiger partial charge in [0.05, 0.1) is 18.8 Å². The van der Waals surface area contributed by atoms with E-state index < -0.39 is 0 Å². The maximum Gasteiger partial charge on any atom is 0.265 e. The molecule has 0 aliphatic heterocycles. The lowest BCUT2D eigenvalue weighted by Gasteiger charge is -2.28. The minimum atomic E-state index is -0.288. The van der Waals surface area contributed by atoms with E-state index in [-0.39, 0.29) is 12.0 Å². The number of carbonyl (C=O) groups is 1. The van der Waals surface area contributed by atoms with Crippen LogP contribution in [0.15, 0.2) is 24.3 Å². The first-order chi connectivity index (χ1) is 9.72. The van der Waals surface area contributed by atoms with E-state index in [2.05, 4.69) is 5.43 Å². The Labute approximate surface area is 119 Å². The van der Waals surface area contributed by atoms with Crippen LogP contribution in [0.25, 0.3) is 0 Å². The first-order valence-electron chi connectivity index (χ1n) is 6.97. The maximum atomic E-state index is 11.5. The van der Waals surface area contributed by atoms with Crippen molar-refractivity contribution < 1.29 is 14.3 Å². The smallest absolute Gasteiger partial charge is 0.265 e. The molecule has 110 valence electrons. The number of rotatable bonds is 5. The highest BCUT2D eigenvalue weighted by Crippen LogP contribution is 2.24. The summed E-state index contributed by atoms with van der Waals surface area (Å²) in [6.07, 6.45) is 4.81. The van der Waals surface area contributed by atoms with E-state index in [4.69, 9.17) is 15.3 Å². The summed E-state index contributed by atoms with van der Waals surface area (Å²) in [6, 6.07) is 7.32. The highest BCUT2D eigenvalue weighted by molar-refractivity contribution is 5.93. The van der Waals surface area contributed by atoms with Gasteiger partial charge in [0.25, 0.3) is 5.91 Å². The first kappa shape index (κ1) is 15.0. The Morgan fingerprint density at radius 2 is 2.20 bits per heavy atom. The number of carbonyl (C=O) groups excluding carboxylic acids is 1. The van der Waals surface area contributed by atoms with Gasteiger partial charge in [0.1, 0.15) is 0 Å². The largest absolute Gasteiger partial charge is 0.381 e. The Balaban J connectivity index is 1.89. The monoisotopic (exact) mass is 278 g/mol. The van der Waals surface area contributed by atoms with Crippen LogP contribution in [-0.4, -0.2) is 25.2 Å². The van der Waals surface area contributed by atoms with E-state index in [1.807, 2.05) is 12.1 Å². The second-order valence-electron chi connectivity index (χ2n) is 5.13. The Kier molecular flexibility index (Phi) is 5.52. The van der Waals surface area contributed by atoms with Gasteiger partial charge in [-0.1, -0.05) is 12.1 Å². The van der Waals surface area contributed by atoms with Crippen LogP contribution in [0.1, 0.15) is 41.6 Å². The molecule has 1 aliphatic carbocycles. The summed E-state index contributed by atoms with van der Waals surface area (Å²) >= 11 is 0. The average molecular weight is 278 g/mol. The Hall–Kier alpha value is -1.43. The molecule has 5 heteroatoms. The van der Waals surface area contributed by atoms with Gasteiger partial charge in [0.2, 0.25) is 0 Å².